The van der Waals surface area contributed by atoms with Crippen LogP contribution in [0.2, 0.25) is 0 Å². The van der Waals surface area contributed by atoms with Gasteiger partial charge in [0.25, 0.3) is 0 Å². The van der Waals surface area contributed by atoms with Crippen LogP contribution >= 0.6 is 0 Å². The van der Waals surface area contributed by atoms with Crippen LogP contribution in [0.4, 0.5) is 0 Å². The van der Waals surface area contributed by atoms with Crippen LogP contribution in [0, 0.1) is 0 Å². The lowest BCUT2D eigenvalue weighted by Gasteiger charge is -2.13. The molecule has 3 aromatic heterocycles. The fraction of sp³-hybridized carbons (Fsp3) is 0.0182. The summed E-state index contributed by atoms with van der Waals surface area (Å²) in [4.78, 5) is 0. The molecule has 9 aromatic carbocycles. The Bertz CT molecular complexity index is 3580. The molecule has 264 valence electrons. The lowest BCUT2D eigenvalue weighted by atomic mass is 9.94. The van der Waals surface area contributed by atoms with Gasteiger partial charge in [-0.25, -0.2) is 0 Å². The highest BCUT2D eigenvalue weighted by Crippen LogP contribution is 2.46. The molecule has 13 rings (SSSR count). The van der Waals surface area contributed by atoms with Gasteiger partial charge in [0.2, 0.25) is 0 Å². The molecule has 0 fully saturated rings. The van der Waals surface area contributed by atoms with Crippen molar-refractivity contribution in [3.63, 3.8) is 0 Å². The average molecular weight is 723 g/mol. The summed E-state index contributed by atoms with van der Waals surface area (Å²) < 4.78 is 4.98. The molecule has 3 heterocycles. The molecule has 2 nitrogen and oxygen atoms in total. The molecule has 1 aliphatic carbocycles. The quantitative estimate of drug-likeness (QED) is 0.171. The highest BCUT2D eigenvalue weighted by Gasteiger charge is 2.26. The molecule has 1 aliphatic rings. The summed E-state index contributed by atoms with van der Waals surface area (Å²) in [7, 11) is 0. The summed E-state index contributed by atoms with van der Waals surface area (Å²) in [5, 5.41) is 7.79. The predicted molar refractivity (Wildman–Crippen MR) is 240 cm³/mol. The molecule has 0 bridgehead atoms. The third kappa shape index (κ3) is 4.30. The number of para-hydroxylation sites is 3. The molecule has 0 amide bonds. The molecule has 0 radical (unpaired) electrons. The van der Waals surface area contributed by atoms with E-state index in [0.717, 1.165) is 6.42 Å². The molecule has 0 unspecified atom stereocenters. The number of rotatable bonds is 4. The van der Waals surface area contributed by atoms with Gasteiger partial charge in [-0.15, -0.1) is 0 Å². The number of hydrogen-bond acceptors (Lipinski definition) is 0. The minimum Gasteiger partial charge on any atom is -0.309 e. The van der Waals surface area contributed by atoms with Gasteiger partial charge in [0, 0.05) is 38.7 Å². The van der Waals surface area contributed by atoms with E-state index in [-0.39, 0.29) is 0 Å². The van der Waals surface area contributed by atoms with Crippen molar-refractivity contribution < 1.29 is 0 Å². The van der Waals surface area contributed by atoms with Crippen molar-refractivity contribution >= 4 is 59.9 Å². The minimum atomic E-state index is 0.891. The van der Waals surface area contributed by atoms with Crippen LogP contribution in [0.25, 0.3) is 110 Å². The molecular weight excluding hydrogens is 689 g/mol. The van der Waals surface area contributed by atoms with Gasteiger partial charge in [0.1, 0.15) is 0 Å². The number of benzene rings is 9. The largest absolute Gasteiger partial charge is 0.309 e. The van der Waals surface area contributed by atoms with Crippen LogP contribution in [0.1, 0.15) is 11.1 Å². The molecule has 0 saturated carbocycles. The molecule has 12 aromatic rings. The number of hydrogen-bond donors (Lipinski definition) is 0. The zero-order chi connectivity index (χ0) is 37.2. The summed E-state index contributed by atoms with van der Waals surface area (Å²) in [5.41, 5.74) is 20.5. The van der Waals surface area contributed by atoms with Crippen molar-refractivity contribution in [2.24, 2.45) is 0 Å². The van der Waals surface area contributed by atoms with Gasteiger partial charge in [-0.05, 0) is 92.0 Å². The third-order valence-electron chi connectivity index (χ3n) is 12.7. The maximum absolute atomic E-state index is 2.51. The van der Waals surface area contributed by atoms with Crippen LogP contribution in [0.5, 0.6) is 0 Å². The van der Waals surface area contributed by atoms with Crippen LogP contribution in [-0.4, -0.2) is 8.97 Å². The Hall–Kier alpha value is -7.42. The molecule has 0 N–H and O–H groups in total. The van der Waals surface area contributed by atoms with E-state index in [9.17, 15) is 0 Å². The first-order chi connectivity index (χ1) is 28.3. The Balaban J connectivity index is 0.943. The lowest BCUT2D eigenvalue weighted by molar-refractivity contribution is 1.12. The number of aromatic nitrogens is 2. The average Bonchev–Trinajstić information content (AvgIpc) is 4.02. The second-order valence-electron chi connectivity index (χ2n) is 15.6. The van der Waals surface area contributed by atoms with Gasteiger partial charge in [0.15, 0.2) is 0 Å². The Kier molecular flexibility index (Phi) is 6.25. The van der Waals surface area contributed by atoms with E-state index in [1.165, 1.54) is 121 Å². The number of nitrogens with zero attached hydrogens (tertiary/aromatic N) is 2. The van der Waals surface area contributed by atoms with Crippen molar-refractivity contribution in [1.29, 1.82) is 0 Å². The van der Waals surface area contributed by atoms with E-state index in [0.29, 0.717) is 0 Å². The summed E-state index contributed by atoms with van der Waals surface area (Å²) in [6.45, 7) is 0. The minimum absolute atomic E-state index is 0.891. The highest BCUT2D eigenvalue weighted by atomic mass is 15.0. The summed E-state index contributed by atoms with van der Waals surface area (Å²) in [6.07, 6.45) is 0.891. The van der Waals surface area contributed by atoms with Crippen molar-refractivity contribution in [3.8, 4) is 50.2 Å². The summed E-state index contributed by atoms with van der Waals surface area (Å²) in [5.74, 6) is 0. The Morgan fingerprint density at radius 2 is 0.842 bits per heavy atom. The lowest BCUT2D eigenvalue weighted by Crippen LogP contribution is -1.99. The topological polar surface area (TPSA) is 9.34 Å². The Morgan fingerprint density at radius 3 is 1.67 bits per heavy atom. The second-order valence-corrected chi connectivity index (χ2v) is 15.6. The van der Waals surface area contributed by atoms with Crippen LogP contribution in [-0.2, 0) is 6.42 Å². The first-order valence-corrected chi connectivity index (χ1v) is 19.9. The molecule has 57 heavy (non-hydrogen) atoms. The summed E-state index contributed by atoms with van der Waals surface area (Å²) in [6, 6.07) is 72.0. The van der Waals surface area contributed by atoms with E-state index in [1.54, 1.807) is 0 Å². The zero-order valence-electron chi connectivity index (χ0n) is 31.1. The monoisotopic (exact) mass is 722 g/mol. The third-order valence-corrected chi connectivity index (χ3v) is 12.7. The molecule has 0 aliphatic heterocycles. The smallest absolute Gasteiger partial charge is 0.0620 e. The molecule has 0 spiro atoms. The fourth-order valence-electron chi connectivity index (χ4n) is 10.2. The van der Waals surface area contributed by atoms with Gasteiger partial charge in [-0.3, -0.25) is 0 Å². The van der Waals surface area contributed by atoms with Crippen molar-refractivity contribution in [2.45, 2.75) is 6.42 Å². The molecular formula is C55H34N2. The van der Waals surface area contributed by atoms with Crippen molar-refractivity contribution in [3.05, 3.63) is 205 Å². The van der Waals surface area contributed by atoms with Crippen LogP contribution in [0.3, 0.4) is 0 Å². The molecule has 2 heteroatoms. The van der Waals surface area contributed by atoms with E-state index < -0.39 is 0 Å². The SMILES string of the molecule is c1ccc(-c2ccc(-c3cccc4c3Cc3c-4cccc3-n3c4ccccc4c4cc(-c5ccc6c7cccc8c9ccccc9n(c6c5)c87)ccc43)cc2)cc1. The first kappa shape index (κ1) is 30.9. The highest BCUT2D eigenvalue weighted by molar-refractivity contribution is 6.23. The fourth-order valence-corrected chi connectivity index (χ4v) is 10.2. The predicted octanol–water partition coefficient (Wildman–Crippen LogP) is 14.5. The first-order valence-electron chi connectivity index (χ1n) is 19.9. The second kappa shape index (κ2) is 11.6. The van der Waals surface area contributed by atoms with E-state index >= 15 is 0 Å². The standard InChI is InChI=1S/C55H34N2/c1-2-11-34(12-3-1)35-23-25-36(26-24-35)39-15-8-16-40-41-17-10-22-52(49(41)33-47(39)40)56-50-20-6-5-14-43(50)48-31-37(28-30-53(48)56)38-27-29-44-46-19-9-18-45-42-13-4-7-21-51(42)57(55(45)46)54(44)32-38/h1-32H,33H2. The zero-order valence-corrected chi connectivity index (χ0v) is 31.1. The molecule has 0 atom stereocenters. The van der Waals surface area contributed by atoms with Crippen molar-refractivity contribution in [1.82, 2.24) is 8.97 Å². The molecule has 0 saturated heterocycles. The van der Waals surface area contributed by atoms with E-state index in [4.69, 9.17) is 0 Å². The maximum Gasteiger partial charge on any atom is 0.0620 e. The Labute approximate surface area is 329 Å². The number of fused-ring (bicyclic) bond motifs is 12. The van der Waals surface area contributed by atoms with E-state index in [1.807, 2.05) is 0 Å². The van der Waals surface area contributed by atoms with Gasteiger partial charge in [0.05, 0.1) is 33.3 Å². The van der Waals surface area contributed by atoms with Gasteiger partial charge in [-0.2, -0.15) is 0 Å². The summed E-state index contributed by atoms with van der Waals surface area (Å²) >= 11 is 0. The normalized spacial score (nSPS) is 12.5. The van der Waals surface area contributed by atoms with E-state index in [2.05, 4.69) is 203 Å². The van der Waals surface area contributed by atoms with Crippen LogP contribution < -0.4 is 0 Å². The Morgan fingerprint density at radius 1 is 0.298 bits per heavy atom. The van der Waals surface area contributed by atoms with Crippen LogP contribution in [0.15, 0.2) is 194 Å². The maximum atomic E-state index is 2.51. The van der Waals surface area contributed by atoms with Crippen molar-refractivity contribution in [2.75, 3.05) is 0 Å². The van der Waals surface area contributed by atoms with Gasteiger partial charge < -0.3 is 8.97 Å². The van der Waals surface area contributed by atoms with Gasteiger partial charge in [-0.1, -0.05) is 158 Å². The van der Waals surface area contributed by atoms with Gasteiger partial charge >= 0.3 is 0 Å².